The standard InChI is InChI=1S/C9H11N3O3/c10-6(9(14)15)4-7-5(8(11)13)2-1-3-12-7/h1-3,6H,4,10H2,(H2,11,13)(H,14,15). The third-order valence-electron chi connectivity index (χ3n) is 1.89. The minimum Gasteiger partial charge on any atom is -0.480 e. The minimum absolute atomic E-state index is 0.0194. The first-order valence-electron chi connectivity index (χ1n) is 4.24. The van der Waals surface area contributed by atoms with E-state index in [9.17, 15) is 9.59 Å². The Bertz CT molecular complexity index is 392. The summed E-state index contributed by atoms with van der Waals surface area (Å²) in [5.41, 5.74) is 10.9. The number of amides is 1. The molecule has 0 aliphatic rings. The topological polar surface area (TPSA) is 119 Å². The molecule has 6 nitrogen and oxygen atoms in total. The summed E-state index contributed by atoms with van der Waals surface area (Å²) in [5, 5.41) is 8.60. The second kappa shape index (κ2) is 4.52. The van der Waals surface area contributed by atoms with Crippen LogP contribution in [0, 0.1) is 0 Å². The number of aromatic nitrogens is 1. The maximum Gasteiger partial charge on any atom is 0.320 e. The first-order chi connectivity index (χ1) is 7.02. The van der Waals surface area contributed by atoms with Gasteiger partial charge in [0.1, 0.15) is 6.04 Å². The zero-order valence-electron chi connectivity index (χ0n) is 7.88. The Labute approximate surface area is 85.9 Å². The van der Waals surface area contributed by atoms with Gasteiger partial charge in [0.15, 0.2) is 0 Å². The Morgan fingerprint density at radius 1 is 1.53 bits per heavy atom. The Balaban J connectivity index is 2.94. The van der Waals surface area contributed by atoms with E-state index in [1.54, 1.807) is 6.07 Å². The van der Waals surface area contributed by atoms with Gasteiger partial charge in [0.25, 0.3) is 5.91 Å². The molecule has 0 saturated heterocycles. The van der Waals surface area contributed by atoms with Crippen molar-refractivity contribution in [2.75, 3.05) is 0 Å². The first-order valence-corrected chi connectivity index (χ1v) is 4.24. The van der Waals surface area contributed by atoms with Crippen LogP contribution >= 0.6 is 0 Å². The summed E-state index contributed by atoms with van der Waals surface area (Å²) < 4.78 is 0. The van der Waals surface area contributed by atoms with Gasteiger partial charge in [-0.15, -0.1) is 0 Å². The SMILES string of the molecule is NC(=O)c1cccnc1CC(N)C(=O)O. The zero-order chi connectivity index (χ0) is 11.4. The number of hydrogen-bond acceptors (Lipinski definition) is 4. The molecular formula is C9H11N3O3. The van der Waals surface area contributed by atoms with Gasteiger partial charge in [-0.25, -0.2) is 0 Å². The molecule has 0 radical (unpaired) electrons. The van der Waals surface area contributed by atoms with Gasteiger partial charge < -0.3 is 16.6 Å². The molecule has 0 bridgehead atoms. The Morgan fingerprint density at radius 2 is 2.20 bits per heavy atom. The van der Waals surface area contributed by atoms with Crippen LogP contribution in [0.3, 0.4) is 0 Å². The summed E-state index contributed by atoms with van der Waals surface area (Å²) in [6, 6.07) is 1.95. The maximum absolute atomic E-state index is 11.0. The van der Waals surface area contributed by atoms with E-state index in [2.05, 4.69) is 4.98 Å². The zero-order valence-corrected chi connectivity index (χ0v) is 7.88. The summed E-state index contributed by atoms with van der Waals surface area (Å²) >= 11 is 0. The Hall–Kier alpha value is -1.95. The fourth-order valence-electron chi connectivity index (χ4n) is 1.12. The van der Waals surface area contributed by atoms with Gasteiger partial charge in [-0.1, -0.05) is 0 Å². The summed E-state index contributed by atoms with van der Waals surface area (Å²) in [4.78, 5) is 25.4. The highest BCUT2D eigenvalue weighted by molar-refractivity contribution is 5.94. The number of rotatable bonds is 4. The van der Waals surface area contributed by atoms with E-state index in [4.69, 9.17) is 16.6 Å². The van der Waals surface area contributed by atoms with Gasteiger partial charge >= 0.3 is 5.97 Å². The van der Waals surface area contributed by atoms with Crippen molar-refractivity contribution in [3.05, 3.63) is 29.6 Å². The van der Waals surface area contributed by atoms with Crippen molar-refractivity contribution in [1.29, 1.82) is 0 Å². The Kier molecular flexibility index (Phi) is 3.35. The predicted molar refractivity (Wildman–Crippen MR) is 52.1 cm³/mol. The van der Waals surface area contributed by atoms with Crippen LogP contribution in [0.15, 0.2) is 18.3 Å². The van der Waals surface area contributed by atoms with E-state index in [0.29, 0.717) is 5.69 Å². The van der Waals surface area contributed by atoms with Gasteiger partial charge in [0, 0.05) is 12.6 Å². The molecular weight excluding hydrogens is 198 g/mol. The largest absolute Gasteiger partial charge is 0.480 e. The smallest absolute Gasteiger partial charge is 0.320 e. The fraction of sp³-hybridized carbons (Fsp3) is 0.222. The van der Waals surface area contributed by atoms with E-state index in [0.717, 1.165) is 0 Å². The normalized spacial score (nSPS) is 12.1. The number of nitrogens with zero attached hydrogens (tertiary/aromatic N) is 1. The van der Waals surface area contributed by atoms with Gasteiger partial charge in [0.05, 0.1) is 11.3 Å². The summed E-state index contributed by atoms with van der Waals surface area (Å²) in [6.45, 7) is 0. The molecule has 1 aromatic heterocycles. The van der Waals surface area contributed by atoms with Crippen LogP contribution in [0.2, 0.25) is 0 Å². The lowest BCUT2D eigenvalue weighted by Gasteiger charge is -2.08. The lowest BCUT2D eigenvalue weighted by Crippen LogP contribution is -2.33. The van der Waals surface area contributed by atoms with E-state index >= 15 is 0 Å². The van der Waals surface area contributed by atoms with Gasteiger partial charge in [-0.2, -0.15) is 0 Å². The van der Waals surface area contributed by atoms with Crippen LogP contribution < -0.4 is 11.5 Å². The second-order valence-corrected chi connectivity index (χ2v) is 3.01. The molecule has 1 heterocycles. The van der Waals surface area contributed by atoms with E-state index in [-0.39, 0.29) is 12.0 Å². The molecule has 5 N–H and O–H groups in total. The van der Waals surface area contributed by atoms with Crippen LogP contribution in [-0.2, 0) is 11.2 Å². The highest BCUT2D eigenvalue weighted by Crippen LogP contribution is 2.06. The van der Waals surface area contributed by atoms with Crippen LogP contribution in [0.25, 0.3) is 0 Å². The van der Waals surface area contributed by atoms with Crippen molar-refractivity contribution in [3.8, 4) is 0 Å². The van der Waals surface area contributed by atoms with E-state index in [1.165, 1.54) is 12.3 Å². The molecule has 1 rings (SSSR count). The van der Waals surface area contributed by atoms with Gasteiger partial charge in [-0.05, 0) is 12.1 Å². The molecule has 15 heavy (non-hydrogen) atoms. The molecule has 1 aromatic rings. The van der Waals surface area contributed by atoms with Crippen molar-refractivity contribution in [2.45, 2.75) is 12.5 Å². The summed E-state index contributed by atoms with van der Waals surface area (Å²) in [6.07, 6.45) is 1.44. The minimum atomic E-state index is -1.14. The number of carboxylic acids is 1. The number of pyridine rings is 1. The van der Waals surface area contributed by atoms with Crippen molar-refractivity contribution in [3.63, 3.8) is 0 Å². The highest BCUT2D eigenvalue weighted by Gasteiger charge is 2.17. The lowest BCUT2D eigenvalue weighted by molar-refractivity contribution is -0.138. The average molecular weight is 209 g/mol. The molecule has 6 heteroatoms. The quantitative estimate of drug-likeness (QED) is 0.595. The van der Waals surface area contributed by atoms with Gasteiger partial charge in [-0.3, -0.25) is 14.6 Å². The van der Waals surface area contributed by atoms with E-state index < -0.39 is 17.9 Å². The van der Waals surface area contributed by atoms with Crippen molar-refractivity contribution in [2.24, 2.45) is 11.5 Å². The lowest BCUT2D eigenvalue weighted by atomic mass is 10.1. The fourth-order valence-corrected chi connectivity index (χ4v) is 1.12. The molecule has 0 aliphatic heterocycles. The molecule has 1 amide bonds. The molecule has 0 saturated carbocycles. The van der Waals surface area contributed by atoms with Crippen molar-refractivity contribution >= 4 is 11.9 Å². The van der Waals surface area contributed by atoms with Crippen LogP contribution in [-0.4, -0.2) is 28.0 Å². The molecule has 0 aliphatic carbocycles. The highest BCUT2D eigenvalue weighted by atomic mass is 16.4. The first kappa shape index (κ1) is 11.1. The van der Waals surface area contributed by atoms with Crippen LogP contribution in [0.5, 0.6) is 0 Å². The summed E-state index contributed by atoms with van der Waals surface area (Å²) in [7, 11) is 0. The number of hydrogen-bond donors (Lipinski definition) is 3. The maximum atomic E-state index is 11.0. The average Bonchev–Trinajstić information content (AvgIpc) is 2.18. The number of primary amides is 1. The summed E-state index contributed by atoms with van der Waals surface area (Å²) in [5.74, 6) is -1.79. The third-order valence-corrected chi connectivity index (χ3v) is 1.89. The molecule has 0 fully saturated rings. The predicted octanol–water partition coefficient (Wildman–Crippen LogP) is -0.865. The van der Waals surface area contributed by atoms with Crippen molar-refractivity contribution in [1.82, 2.24) is 4.98 Å². The number of carbonyl (C=O) groups excluding carboxylic acids is 1. The number of aliphatic carboxylic acids is 1. The van der Waals surface area contributed by atoms with Gasteiger partial charge in [0.2, 0.25) is 0 Å². The number of carboxylic acid groups (broad SMARTS) is 1. The van der Waals surface area contributed by atoms with E-state index in [1.807, 2.05) is 0 Å². The van der Waals surface area contributed by atoms with Crippen LogP contribution in [0.1, 0.15) is 16.1 Å². The second-order valence-electron chi connectivity index (χ2n) is 3.01. The molecule has 80 valence electrons. The number of nitrogens with two attached hydrogens (primary N) is 2. The molecule has 1 unspecified atom stereocenters. The monoisotopic (exact) mass is 209 g/mol. The Morgan fingerprint density at radius 3 is 2.73 bits per heavy atom. The van der Waals surface area contributed by atoms with Crippen LogP contribution in [0.4, 0.5) is 0 Å². The number of carbonyl (C=O) groups is 2. The molecule has 0 spiro atoms. The van der Waals surface area contributed by atoms with Crippen molar-refractivity contribution < 1.29 is 14.7 Å². The molecule has 1 atom stereocenters. The third kappa shape index (κ3) is 2.75. The molecule has 0 aromatic carbocycles.